The maximum atomic E-state index is 12.2. The Labute approximate surface area is 115 Å². The highest BCUT2D eigenvalue weighted by molar-refractivity contribution is 5.76. The number of nitriles is 1. The van der Waals surface area contributed by atoms with Gasteiger partial charge in [0.2, 0.25) is 5.91 Å². The lowest BCUT2D eigenvalue weighted by molar-refractivity contribution is -0.132. The Morgan fingerprint density at radius 1 is 1.37 bits per heavy atom. The molecule has 0 fully saturated rings. The second-order valence-electron chi connectivity index (χ2n) is 5.02. The zero-order chi connectivity index (χ0) is 14.3. The highest BCUT2D eigenvalue weighted by Crippen LogP contribution is 2.11. The van der Waals surface area contributed by atoms with E-state index in [9.17, 15) is 4.79 Å². The number of amides is 1. The van der Waals surface area contributed by atoms with Gasteiger partial charge in [-0.25, -0.2) is 0 Å². The highest BCUT2D eigenvalue weighted by Gasteiger charge is 2.16. The van der Waals surface area contributed by atoms with Crippen molar-refractivity contribution >= 4 is 5.91 Å². The van der Waals surface area contributed by atoms with Gasteiger partial charge < -0.3 is 4.90 Å². The zero-order valence-electron chi connectivity index (χ0n) is 12.0. The van der Waals surface area contributed by atoms with Gasteiger partial charge in [0.05, 0.1) is 12.5 Å². The molecule has 0 unspecified atom stereocenters. The average molecular weight is 258 g/mol. The maximum Gasteiger partial charge on any atom is 0.223 e. The minimum atomic E-state index is 0.133. The van der Waals surface area contributed by atoms with Crippen LogP contribution in [0, 0.1) is 18.3 Å². The third-order valence-corrected chi connectivity index (χ3v) is 3.28. The Bertz CT molecular complexity index is 460. The molecule has 0 bridgehead atoms. The smallest absolute Gasteiger partial charge is 0.223 e. The molecule has 0 saturated carbocycles. The molecule has 0 saturated heterocycles. The van der Waals surface area contributed by atoms with E-state index < -0.39 is 0 Å². The SMILES string of the molecule is Cc1ccccc1CCC(=O)N(CCC#N)C(C)C. The normalized spacial score (nSPS) is 10.3. The van der Waals surface area contributed by atoms with Crippen LogP contribution < -0.4 is 0 Å². The molecule has 102 valence electrons. The average Bonchev–Trinajstić information content (AvgIpc) is 2.38. The third kappa shape index (κ3) is 4.75. The Morgan fingerprint density at radius 3 is 2.63 bits per heavy atom. The highest BCUT2D eigenvalue weighted by atomic mass is 16.2. The van der Waals surface area contributed by atoms with Gasteiger partial charge in [-0.3, -0.25) is 4.79 Å². The van der Waals surface area contributed by atoms with E-state index in [-0.39, 0.29) is 11.9 Å². The summed E-state index contributed by atoms with van der Waals surface area (Å²) < 4.78 is 0. The van der Waals surface area contributed by atoms with Crippen LogP contribution in [0.4, 0.5) is 0 Å². The Balaban J connectivity index is 2.58. The van der Waals surface area contributed by atoms with Crippen LogP contribution in [0.25, 0.3) is 0 Å². The summed E-state index contributed by atoms with van der Waals surface area (Å²) in [5.74, 6) is 0.133. The number of carbonyl (C=O) groups excluding carboxylic acids is 1. The van der Waals surface area contributed by atoms with Gasteiger partial charge in [0.15, 0.2) is 0 Å². The molecule has 0 heterocycles. The van der Waals surface area contributed by atoms with Crippen molar-refractivity contribution in [3.8, 4) is 6.07 Å². The van der Waals surface area contributed by atoms with Crippen LogP contribution in [0.3, 0.4) is 0 Å². The van der Waals surface area contributed by atoms with E-state index in [4.69, 9.17) is 5.26 Å². The van der Waals surface area contributed by atoms with E-state index in [1.165, 1.54) is 11.1 Å². The first-order chi connectivity index (χ1) is 9.06. The molecule has 3 heteroatoms. The zero-order valence-corrected chi connectivity index (χ0v) is 12.0. The number of aryl methyl sites for hydroxylation is 2. The third-order valence-electron chi connectivity index (χ3n) is 3.28. The van der Waals surface area contributed by atoms with E-state index in [0.29, 0.717) is 19.4 Å². The van der Waals surface area contributed by atoms with Crippen LogP contribution in [0.5, 0.6) is 0 Å². The van der Waals surface area contributed by atoms with Crippen LogP contribution in [-0.2, 0) is 11.2 Å². The first-order valence-corrected chi connectivity index (χ1v) is 6.77. The van der Waals surface area contributed by atoms with Crippen LogP contribution in [-0.4, -0.2) is 23.4 Å². The number of hydrogen-bond donors (Lipinski definition) is 0. The predicted octanol–water partition coefficient (Wildman–Crippen LogP) is 3.08. The maximum absolute atomic E-state index is 12.2. The van der Waals surface area contributed by atoms with Gasteiger partial charge in [0, 0.05) is 19.0 Å². The molecule has 0 aliphatic heterocycles. The summed E-state index contributed by atoms with van der Waals surface area (Å²) >= 11 is 0. The fraction of sp³-hybridized carbons (Fsp3) is 0.500. The quantitative estimate of drug-likeness (QED) is 0.787. The molecule has 0 aliphatic carbocycles. The molecule has 1 aromatic rings. The second-order valence-corrected chi connectivity index (χ2v) is 5.02. The van der Waals surface area contributed by atoms with Crippen molar-refractivity contribution < 1.29 is 4.79 Å². The van der Waals surface area contributed by atoms with Crippen LogP contribution >= 0.6 is 0 Å². The number of hydrogen-bond acceptors (Lipinski definition) is 2. The summed E-state index contributed by atoms with van der Waals surface area (Å²) in [6, 6.07) is 10.4. The topological polar surface area (TPSA) is 44.1 Å². The van der Waals surface area contributed by atoms with Crippen LogP contribution in [0.2, 0.25) is 0 Å². The number of carbonyl (C=O) groups is 1. The van der Waals surface area contributed by atoms with Crippen molar-refractivity contribution in [3.63, 3.8) is 0 Å². The summed E-state index contributed by atoms with van der Waals surface area (Å²) in [5, 5.41) is 8.64. The molecule has 0 atom stereocenters. The summed E-state index contributed by atoms with van der Waals surface area (Å²) in [4.78, 5) is 14.0. The standard InChI is InChI=1S/C16H22N2O/c1-13(2)18(12-6-11-17)16(19)10-9-15-8-5-4-7-14(15)3/h4-5,7-8,13H,6,9-10,12H2,1-3H3. The molecular formula is C16H22N2O. The van der Waals surface area contributed by atoms with Gasteiger partial charge >= 0.3 is 0 Å². The first-order valence-electron chi connectivity index (χ1n) is 6.77. The number of rotatable bonds is 6. The second kappa shape index (κ2) is 7.58. The molecular weight excluding hydrogens is 236 g/mol. The van der Waals surface area contributed by atoms with Crippen molar-refractivity contribution in [2.45, 2.75) is 46.1 Å². The molecule has 1 aromatic carbocycles. The summed E-state index contributed by atoms with van der Waals surface area (Å²) in [6.07, 6.45) is 1.67. The molecule has 0 radical (unpaired) electrons. The largest absolute Gasteiger partial charge is 0.339 e. The Hall–Kier alpha value is -1.82. The molecule has 1 amide bonds. The van der Waals surface area contributed by atoms with Crippen molar-refractivity contribution in [2.24, 2.45) is 0 Å². The molecule has 0 aliphatic rings. The van der Waals surface area contributed by atoms with Crippen molar-refractivity contribution in [2.75, 3.05) is 6.54 Å². The summed E-state index contributed by atoms with van der Waals surface area (Å²) in [6.45, 7) is 6.57. The Kier molecular flexibility index (Phi) is 6.08. The van der Waals surface area contributed by atoms with Crippen LogP contribution in [0.15, 0.2) is 24.3 Å². The monoisotopic (exact) mass is 258 g/mol. The lowest BCUT2D eigenvalue weighted by Crippen LogP contribution is -2.37. The van der Waals surface area contributed by atoms with Crippen LogP contribution in [0.1, 0.15) is 37.8 Å². The van der Waals surface area contributed by atoms with Gasteiger partial charge in [0.25, 0.3) is 0 Å². The lowest BCUT2D eigenvalue weighted by atomic mass is 10.0. The molecule has 0 aromatic heterocycles. The number of nitrogens with zero attached hydrogens (tertiary/aromatic N) is 2. The van der Waals surface area contributed by atoms with Gasteiger partial charge in [-0.15, -0.1) is 0 Å². The van der Waals surface area contributed by atoms with E-state index >= 15 is 0 Å². The van der Waals surface area contributed by atoms with E-state index in [0.717, 1.165) is 6.42 Å². The lowest BCUT2D eigenvalue weighted by Gasteiger charge is -2.26. The van der Waals surface area contributed by atoms with Gasteiger partial charge in [-0.2, -0.15) is 5.26 Å². The molecule has 19 heavy (non-hydrogen) atoms. The fourth-order valence-electron chi connectivity index (χ4n) is 2.12. The summed E-state index contributed by atoms with van der Waals surface area (Å²) in [5.41, 5.74) is 2.45. The van der Waals surface area contributed by atoms with Gasteiger partial charge in [-0.05, 0) is 38.3 Å². The van der Waals surface area contributed by atoms with E-state index in [2.05, 4.69) is 25.1 Å². The minimum absolute atomic E-state index is 0.133. The number of benzene rings is 1. The molecule has 1 rings (SSSR count). The minimum Gasteiger partial charge on any atom is -0.339 e. The summed E-state index contributed by atoms with van der Waals surface area (Å²) in [7, 11) is 0. The van der Waals surface area contributed by atoms with E-state index in [1.54, 1.807) is 4.90 Å². The predicted molar refractivity (Wildman–Crippen MR) is 76.6 cm³/mol. The van der Waals surface area contributed by atoms with Crippen molar-refractivity contribution in [1.29, 1.82) is 5.26 Å². The fourth-order valence-corrected chi connectivity index (χ4v) is 2.12. The van der Waals surface area contributed by atoms with Gasteiger partial charge in [0.1, 0.15) is 0 Å². The molecule has 0 N–H and O–H groups in total. The Morgan fingerprint density at radius 2 is 2.05 bits per heavy atom. The first kappa shape index (κ1) is 15.2. The van der Waals surface area contributed by atoms with Crippen molar-refractivity contribution in [1.82, 2.24) is 4.90 Å². The van der Waals surface area contributed by atoms with Crippen molar-refractivity contribution in [3.05, 3.63) is 35.4 Å². The molecule has 0 spiro atoms. The molecule has 3 nitrogen and oxygen atoms in total. The van der Waals surface area contributed by atoms with E-state index in [1.807, 2.05) is 26.0 Å². The van der Waals surface area contributed by atoms with Gasteiger partial charge in [-0.1, -0.05) is 24.3 Å².